The second-order valence-electron chi connectivity index (χ2n) is 4.31. The standard InChI is InChI=1S/C14H19N5O/c1-11-10-17-14(19-15)18-13(11)16-8-5-9-20-12-6-3-2-4-7-12/h2-4,6-7,10H,5,8-9,15H2,1H3,(H2,16,17,18,19). The van der Waals surface area contributed by atoms with Crippen LogP contribution in [0.15, 0.2) is 36.5 Å². The summed E-state index contributed by atoms with van der Waals surface area (Å²) in [6.07, 6.45) is 2.61. The molecule has 1 aromatic heterocycles. The van der Waals surface area contributed by atoms with Gasteiger partial charge >= 0.3 is 0 Å². The number of hydrogen-bond acceptors (Lipinski definition) is 6. The maximum Gasteiger partial charge on any atom is 0.239 e. The summed E-state index contributed by atoms with van der Waals surface area (Å²) in [6.45, 7) is 3.38. The summed E-state index contributed by atoms with van der Waals surface area (Å²) in [5.41, 5.74) is 3.41. The highest BCUT2D eigenvalue weighted by molar-refractivity contribution is 5.45. The molecule has 0 bridgehead atoms. The molecule has 0 saturated heterocycles. The number of hydrazine groups is 1. The number of aryl methyl sites for hydroxylation is 1. The minimum Gasteiger partial charge on any atom is -0.494 e. The van der Waals surface area contributed by atoms with Gasteiger partial charge in [0.25, 0.3) is 0 Å². The number of nitrogens with two attached hydrogens (primary N) is 1. The lowest BCUT2D eigenvalue weighted by molar-refractivity contribution is 0.315. The van der Waals surface area contributed by atoms with Gasteiger partial charge in [-0.1, -0.05) is 18.2 Å². The highest BCUT2D eigenvalue weighted by atomic mass is 16.5. The Kier molecular flexibility index (Phi) is 5.14. The number of nitrogen functional groups attached to an aromatic ring is 1. The van der Waals surface area contributed by atoms with Crippen molar-refractivity contribution in [3.8, 4) is 5.75 Å². The van der Waals surface area contributed by atoms with Crippen LogP contribution < -0.4 is 21.3 Å². The second kappa shape index (κ2) is 7.30. The molecule has 1 aromatic carbocycles. The molecule has 0 saturated carbocycles. The van der Waals surface area contributed by atoms with Crippen LogP contribution in [0.1, 0.15) is 12.0 Å². The van der Waals surface area contributed by atoms with Crippen LogP contribution in [0, 0.1) is 6.92 Å². The fourth-order valence-electron chi connectivity index (χ4n) is 1.68. The number of nitrogens with zero attached hydrogens (tertiary/aromatic N) is 2. The van der Waals surface area contributed by atoms with E-state index in [1.165, 1.54) is 0 Å². The first kappa shape index (κ1) is 14.1. The van der Waals surface area contributed by atoms with E-state index < -0.39 is 0 Å². The summed E-state index contributed by atoms with van der Waals surface area (Å²) in [5, 5.41) is 3.25. The number of para-hydroxylation sites is 1. The van der Waals surface area contributed by atoms with Crippen LogP contribution in [0.25, 0.3) is 0 Å². The van der Waals surface area contributed by atoms with Crippen LogP contribution in [-0.4, -0.2) is 23.1 Å². The summed E-state index contributed by atoms with van der Waals surface area (Å²) in [6, 6.07) is 9.77. The summed E-state index contributed by atoms with van der Waals surface area (Å²) >= 11 is 0. The van der Waals surface area contributed by atoms with Gasteiger partial charge in [0, 0.05) is 18.3 Å². The van der Waals surface area contributed by atoms with Crippen molar-refractivity contribution in [2.75, 3.05) is 23.9 Å². The molecule has 0 unspecified atom stereocenters. The molecule has 2 rings (SSSR count). The molecule has 0 aliphatic heterocycles. The third kappa shape index (κ3) is 4.10. The Morgan fingerprint density at radius 1 is 1.25 bits per heavy atom. The summed E-state index contributed by atoms with van der Waals surface area (Å²) < 4.78 is 5.61. The van der Waals surface area contributed by atoms with Crippen molar-refractivity contribution in [2.24, 2.45) is 5.84 Å². The Balaban J connectivity index is 1.73. The molecule has 6 heteroatoms. The van der Waals surface area contributed by atoms with E-state index in [0.29, 0.717) is 12.6 Å². The predicted molar refractivity (Wildman–Crippen MR) is 79.6 cm³/mol. The van der Waals surface area contributed by atoms with Crippen LogP contribution in [0.4, 0.5) is 11.8 Å². The number of aromatic nitrogens is 2. The number of ether oxygens (including phenoxy) is 1. The fraction of sp³-hybridized carbons (Fsp3) is 0.286. The zero-order chi connectivity index (χ0) is 14.2. The third-order valence-electron chi connectivity index (χ3n) is 2.73. The lowest BCUT2D eigenvalue weighted by atomic mass is 10.3. The number of benzene rings is 1. The van der Waals surface area contributed by atoms with Crippen LogP contribution in [0.3, 0.4) is 0 Å². The maximum atomic E-state index is 5.61. The van der Waals surface area contributed by atoms with Gasteiger partial charge in [-0.3, -0.25) is 5.43 Å². The van der Waals surface area contributed by atoms with Gasteiger partial charge in [0.1, 0.15) is 11.6 Å². The van der Waals surface area contributed by atoms with E-state index in [9.17, 15) is 0 Å². The van der Waals surface area contributed by atoms with E-state index in [2.05, 4.69) is 20.7 Å². The van der Waals surface area contributed by atoms with Crippen molar-refractivity contribution in [3.63, 3.8) is 0 Å². The Morgan fingerprint density at radius 2 is 2.05 bits per heavy atom. The molecule has 2 aromatic rings. The van der Waals surface area contributed by atoms with Crippen molar-refractivity contribution >= 4 is 11.8 Å². The summed E-state index contributed by atoms with van der Waals surface area (Å²) in [4.78, 5) is 8.28. The normalized spacial score (nSPS) is 10.1. The zero-order valence-corrected chi connectivity index (χ0v) is 11.5. The third-order valence-corrected chi connectivity index (χ3v) is 2.73. The summed E-state index contributed by atoms with van der Waals surface area (Å²) in [7, 11) is 0. The lowest BCUT2D eigenvalue weighted by Crippen LogP contribution is -2.14. The average Bonchev–Trinajstić information content (AvgIpc) is 2.50. The highest BCUT2D eigenvalue weighted by Crippen LogP contribution is 2.12. The molecule has 0 spiro atoms. The first-order valence-corrected chi connectivity index (χ1v) is 6.51. The van der Waals surface area contributed by atoms with Crippen LogP contribution >= 0.6 is 0 Å². The van der Waals surface area contributed by atoms with Crippen molar-refractivity contribution in [1.82, 2.24) is 9.97 Å². The molecular formula is C14H19N5O. The van der Waals surface area contributed by atoms with Gasteiger partial charge in [0.05, 0.1) is 6.61 Å². The van der Waals surface area contributed by atoms with Crippen LogP contribution in [0.2, 0.25) is 0 Å². The SMILES string of the molecule is Cc1cnc(NN)nc1NCCCOc1ccccc1. The maximum absolute atomic E-state index is 5.61. The Labute approximate surface area is 118 Å². The van der Waals surface area contributed by atoms with E-state index in [0.717, 1.165) is 30.1 Å². The zero-order valence-electron chi connectivity index (χ0n) is 11.5. The summed E-state index contributed by atoms with van der Waals surface area (Å²) in [5.74, 6) is 7.36. The molecule has 6 nitrogen and oxygen atoms in total. The molecule has 0 amide bonds. The average molecular weight is 273 g/mol. The lowest BCUT2D eigenvalue weighted by Gasteiger charge is -2.10. The van der Waals surface area contributed by atoms with Gasteiger partial charge < -0.3 is 10.1 Å². The quantitative estimate of drug-likeness (QED) is 0.406. The monoisotopic (exact) mass is 273 g/mol. The molecule has 0 aliphatic carbocycles. The van der Waals surface area contributed by atoms with Crippen molar-refractivity contribution in [3.05, 3.63) is 42.1 Å². The smallest absolute Gasteiger partial charge is 0.239 e. The molecule has 20 heavy (non-hydrogen) atoms. The van der Waals surface area contributed by atoms with Crippen LogP contribution in [0.5, 0.6) is 5.75 Å². The van der Waals surface area contributed by atoms with E-state index in [-0.39, 0.29) is 0 Å². The molecule has 106 valence electrons. The largest absolute Gasteiger partial charge is 0.494 e. The second-order valence-corrected chi connectivity index (χ2v) is 4.31. The van der Waals surface area contributed by atoms with Gasteiger partial charge in [-0.15, -0.1) is 0 Å². The van der Waals surface area contributed by atoms with E-state index in [1.807, 2.05) is 37.3 Å². The van der Waals surface area contributed by atoms with Crippen molar-refractivity contribution < 1.29 is 4.74 Å². The molecule has 1 heterocycles. The Morgan fingerprint density at radius 3 is 2.80 bits per heavy atom. The van der Waals surface area contributed by atoms with Gasteiger partial charge in [0.2, 0.25) is 5.95 Å². The first-order chi connectivity index (χ1) is 9.79. The highest BCUT2D eigenvalue weighted by Gasteiger charge is 2.02. The predicted octanol–water partition coefficient (Wildman–Crippen LogP) is 1.95. The Bertz CT molecular complexity index is 532. The van der Waals surface area contributed by atoms with Crippen LogP contribution in [-0.2, 0) is 0 Å². The van der Waals surface area contributed by atoms with Crippen molar-refractivity contribution in [2.45, 2.75) is 13.3 Å². The molecule has 0 fully saturated rings. The molecule has 0 atom stereocenters. The van der Waals surface area contributed by atoms with Crippen molar-refractivity contribution in [1.29, 1.82) is 0 Å². The van der Waals surface area contributed by atoms with E-state index >= 15 is 0 Å². The number of anilines is 2. The topological polar surface area (TPSA) is 85.1 Å². The first-order valence-electron chi connectivity index (χ1n) is 6.51. The van der Waals surface area contributed by atoms with E-state index in [1.54, 1.807) is 6.20 Å². The van der Waals surface area contributed by atoms with Gasteiger partial charge in [-0.2, -0.15) is 4.98 Å². The number of nitrogens with one attached hydrogen (secondary N) is 2. The molecular weight excluding hydrogens is 254 g/mol. The molecule has 4 N–H and O–H groups in total. The van der Waals surface area contributed by atoms with E-state index in [4.69, 9.17) is 10.6 Å². The minimum atomic E-state index is 0.402. The molecule has 0 radical (unpaired) electrons. The fourth-order valence-corrected chi connectivity index (χ4v) is 1.68. The number of hydrogen-bond donors (Lipinski definition) is 3. The Hall–Kier alpha value is -2.34. The number of rotatable bonds is 7. The molecule has 0 aliphatic rings. The minimum absolute atomic E-state index is 0.402. The van der Waals surface area contributed by atoms with Gasteiger partial charge in [0.15, 0.2) is 0 Å². The van der Waals surface area contributed by atoms with Gasteiger partial charge in [-0.25, -0.2) is 10.8 Å². The van der Waals surface area contributed by atoms with Gasteiger partial charge in [-0.05, 0) is 25.5 Å².